The first-order valence-electron chi connectivity index (χ1n) is 8.31. The molecule has 0 aliphatic heterocycles. The van der Waals surface area contributed by atoms with Crippen molar-refractivity contribution in [2.45, 2.75) is 38.1 Å². The monoisotopic (exact) mass is 308 g/mol. The van der Waals surface area contributed by atoms with E-state index in [-0.39, 0.29) is 11.4 Å². The van der Waals surface area contributed by atoms with Gasteiger partial charge in [-0.15, -0.1) is 0 Å². The van der Waals surface area contributed by atoms with E-state index >= 15 is 0 Å². The minimum atomic E-state index is -0.0900. The molecule has 0 saturated heterocycles. The van der Waals surface area contributed by atoms with Crippen molar-refractivity contribution in [3.63, 3.8) is 0 Å². The predicted octanol–water partition coefficient (Wildman–Crippen LogP) is 3.92. The summed E-state index contributed by atoms with van der Waals surface area (Å²) in [6.07, 6.45) is 3.53. The maximum atomic E-state index is 12.1. The smallest absolute Gasteiger partial charge is 0.315 e. The first-order valence-corrected chi connectivity index (χ1v) is 8.31. The fourth-order valence-electron chi connectivity index (χ4n) is 3.16. The lowest BCUT2D eigenvalue weighted by molar-refractivity contribution is 0.214. The van der Waals surface area contributed by atoms with Crippen LogP contribution in [0.15, 0.2) is 54.6 Å². The number of nitrogens with one attached hydrogen (secondary N) is 2. The number of amides is 2. The van der Waals surface area contributed by atoms with Crippen molar-refractivity contribution in [2.24, 2.45) is 0 Å². The van der Waals surface area contributed by atoms with Gasteiger partial charge in [0, 0.05) is 18.5 Å². The zero-order valence-corrected chi connectivity index (χ0v) is 13.6. The lowest BCUT2D eigenvalue weighted by atomic mass is 9.64. The molecule has 3 rings (SSSR count). The number of aryl methyl sites for hydroxylation is 1. The molecule has 23 heavy (non-hydrogen) atoms. The predicted molar refractivity (Wildman–Crippen MR) is 93.4 cm³/mol. The van der Waals surface area contributed by atoms with Crippen LogP contribution in [0.4, 0.5) is 4.79 Å². The third-order valence-electron chi connectivity index (χ3n) is 4.86. The summed E-state index contributed by atoms with van der Waals surface area (Å²) >= 11 is 0. The van der Waals surface area contributed by atoms with Gasteiger partial charge in [0.05, 0.1) is 0 Å². The topological polar surface area (TPSA) is 41.1 Å². The Kier molecular flexibility index (Phi) is 4.65. The molecule has 0 bridgehead atoms. The van der Waals surface area contributed by atoms with Crippen LogP contribution in [0.2, 0.25) is 0 Å². The third-order valence-corrected chi connectivity index (χ3v) is 4.86. The van der Waals surface area contributed by atoms with Gasteiger partial charge in [0.25, 0.3) is 0 Å². The van der Waals surface area contributed by atoms with Crippen molar-refractivity contribution in [1.82, 2.24) is 10.6 Å². The minimum absolute atomic E-state index is 0.0900. The van der Waals surface area contributed by atoms with Crippen LogP contribution in [0.1, 0.15) is 36.0 Å². The van der Waals surface area contributed by atoms with Crippen LogP contribution in [0.25, 0.3) is 0 Å². The van der Waals surface area contributed by atoms with Crippen LogP contribution < -0.4 is 10.6 Å². The van der Waals surface area contributed by atoms with Crippen LogP contribution in [0.3, 0.4) is 0 Å². The third kappa shape index (κ3) is 3.73. The van der Waals surface area contributed by atoms with Gasteiger partial charge in [0.2, 0.25) is 0 Å². The van der Waals surface area contributed by atoms with Crippen molar-refractivity contribution < 1.29 is 4.79 Å². The first kappa shape index (κ1) is 15.6. The van der Waals surface area contributed by atoms with Crippen LogP contribution in [-0.4, -0.2) is 12.6 Å². The fourth-order valence-corrected chi connectivity index (χ4v) is 3.16. The second kappa shape index (κ2) is 6.86. The Hall–Kier alpha value is -2.29. The van der Waals surface area contributed by atoms with Gasteiger partial charge in [-0.1, -0.05) is 66.6 Å². The van der Waals surface area contributed by atoms with Crippen LogP contribution in [0, 0.1) is 6.92 Å². The molecule has 2 amide bonds. The molecule has 0 heterocycles. The highest BCUT2D eigenvalue weighted by Crippen LogP contribution is 2.43. The van der Waals surface area contributed by atoms with E-state index in [4.69, 9.17) is 0 Å². The highest BCUT2D eigenvalue weighted by Gasteiger charge is 2.38. The molecule has 3 nitrogen and oxygen atoms in total. The fraction of sp³-hybridized carbons (Fsp3) is 0.350. The zero-order valence-electron chi connectivity index (χ0n) is 13.6. The molecule has 0 atom stereocenters. The van der Waals surface area contributed by atoms with E-state index in [0.29, 0.717) is 13.1 Å². The molecule has 0 unspecified atom stereocenters. The summed E-state index contributed by atoms with van der Waals surface area (Å²) in [5.41, 5.74) is 3.81. The van der Waals surface area contributed by atoms with E-state index in [9.17, 15) is 4.79 Å². The Balaban J connectivity index is 1.51. The normalized spacial score (nSPS) is 15.5. The van der Waals surface area contributed by atoms with Crippen LogP contribution in [-0.2, 0) is 12.0 Å². The van der Waals surface area contributed by atoms with Crippen molar-refractivity contribution in [3.8, 4) is 0 Å². The molecule has 120 valence electrons. The number of hydrogen-bond acceptors (Lipinski definition) is 1. The first-order chi connectivity index (χ1) is 11.2. The minimum Gasteiger partial charge on any atom is -0.337 e. The second-order valence-corrected chi connectivity index (χ2v) is 6.52. The Morgan fingerprint density at radius 3 is 2.30 bits per heavy atom. The molecule has 0 aromatic heterocycles. The number of urea groups is 1. The molecule has 0 spiro atoms. The lowest BCUT2D eigenvalue weighted by Gasteiger charge is -2.42. The standard InChI is InChI=1S/C20H24N2O/c1-16-8-10-17(11-9-16)14-21-19(23)22-15-20(12-5-13-20)18-6-3-2-4-7-18/h2-4,6-11H,5,12-15H2,1H3,(H2,21,22,23). The molecular weight excluding hydrogens is 284 g/mol. The number of carbonyl (C=O) groups is 1. The highest BCUT2D eigenvalue weighted by molar-refractivity contribution is 5.74. The van der Waals surface area contributed by atoms with Gasteiger partial charge in [-0.2, -0.15) is 0 Å². The van der Waals surface area contributed by atoms with E-state index in [1.54, 1.807) is 0 Å². The second-order valence-electron chi connectivity index (χ2n) is 6.52. The van der Waals surface area contributed by atoms with E-state index in [1.807, 2.05) is 18.2 Å². The quantitative estimate of drug-likeness (QED) is 0.863. The van der Waals surface area contributed by atoms with Crippen molar-refractivity contribution in [1.29, 1.82) is 0 Å². The van der Waals surface area contributed by atoms with Gasteiger partial charge in [0.1, 0.15) is 0 Å². The van der Waals surface area contributed by atoms with Gasteiger partial charge in [-0.25, -0.2) is 4.79 Å². The molecule has 2 N–H and O–H groups in total. The zero-order chi connectivity index (χ0) is 16.1. The van der Waals surface area contributed by atoms with Crippen molar-refractivity contribution in [2.75, 3.05) is 6.54 Å². The Morgan fingerprint density at radius 1 is 1.00 bits per heavy atom. The van der Waals surface area contributed by atoms with Gasteiger partial charge >= 0.3 is 6.03 Å². The molecule has 3 heteroatoms. The Morgan fingerprint density at radius 2 is 1.70 bits per heavy atom. The number of hydrogen-bond donors (Lipinski definition) is 2. The largest absolute Gasteiger partial charge is 0.337 e. The van der Waals surface area contributed by atoms with Gasteiger partial charge < -0.3 is 10.6 Å². The molecule has 1 saturated carbocycles. The lowest BCUT2D eigenvalue weighted by Crippen LogP contribution is -2.48. The summed E-state index contributed by atoms with van der Waals surface area (Å²) in [4.78, 5) is 12.1. The van der Waals surface area contributed by atoms with Crippen molar-refractivity contribution in [3.05, 3.63) is 71.3 Å². The molecule has 0 radical (unpaired) electrons. The van der Waals surface area contributed by atoms with E-state index < -0.39 is 0 Å². The number of rotatable bonds is 5. The van der Waals surface area contributed by atoms with E-state index in [2.05, 4.69) is 54.0 Å². The highest BCUT2D eigenvalue weighted by atomic mass is 16.2. The molecule has 1 fully saturated rings. The summed E-state index contributed by atoms with van der Waals surface area (Å²) in [5, 5.41) is 6.00. The van der Waals surface area contributed by atoms with Gasteiger partial charge in [-0.3, -0.25) is 0 Å². The summed E-state index contributed by atoms with van der Waals surface area (Å²) in [6.45, 7) is 3.33. The number of benzene rings is 2. The summed E-state index contributed by atoms with van der Waals surface area (Å²) in [6, 6.07) is 18.7. The maximum absolute atomic E-state index is 12.1. The van der Waals surface area contributed by atoms with Gasteiger partial charge in [0.15, 0.2) is 0 Å². The van der Waals surface area contributed by atoms with Crippen LogP contribution in [0.5, 0.6) is 0 Å². The maximum Gasteiger partial charge on any atom is 0.315 e. The SMILES string of the molecule is Cc1ccc(CNC(=O)NCC2(c3ccccc3)CCC2)cc1. The molecular formula is C20H24N2O. The molecule has 1 aliphatic rings. The Labute approximate surface area is 138 Å². The van der Waals surface area contributed by atoms with E-state index in [1.165, 1.54) is 17.5 Å². The van der Waals surface area contributed by atoms with Crippen LogP contribution >= 0.6 is 0 Å². The van der Waals surface area contributed by atoms with Crippen molar-refractivity contribution >= 4 is 6.03 Å². The van der Waals surface area contributed by atoms with Gasteiger partial charge in [-0.05, 0) is 30.9 Å². The molecule has 2 aromatic carbocycles. The number of carbonyl (C=O) groups excluding carboxylic acids is 1. The van der Waals surface area contributed by atoms with E-state index in [0.717, 1.165) is 18.4 Å². The summed E-state index contributed by atoms with van der Waals surface area (Å²) in [5.74, 6) is 0. The Bertz CT molecular complexity index is 645. The average Bonchev–Trinajstić information content (AvgIpc) is 2.54. The molecule has 1 aliphatic carbocycles. The molecule has 2 aromatic rings. The summed E-state index contributed by atoms with van der Waals surface area (Å²) < 4.78 is 0. The summed E-state index contributed by atoms with van der Waals surface area (Å²) in [7, 11) is 0. The average molecular weight is 308 g/mol.